The summed E-state index contributed by atoms with van der Waals surface area (Å²) >= 11 is 0. The first-order chi connectivity index (χ1) is 23.1. The number of hydroxylamine groups is 2. The summed E-state index contributed by atoms with van der Waals surface area (Å²) in [4.78, 5) is 22.1. The molecule has 270 valence electrons. The third-order valence-electron chi connectivity index (χ3n) is 9.65. The second-order valence-electron chi connectivity index (χ2n) is 13.4. The lowest BCUT2D eigenvalue weighted by Gasteiger charge is -2.47. The average molecular weight is 698 g/mol. The van der Waals surface area contributed by atoms with Crippen LogP contribution in [0.1, 0.15) is 60.2 Å². The van der Waals surface area contributed by atoms with Crippen molar-refractivity contribution in [1.29, 1.82) is 0 Å². The quantitative estimate of drug-likeness (QED) is 0.258. The first kappa shape index (κ1) is 36.7. The Bertz CT molecular complexity index is 1410. The summed E-state index contributed by atoms with van der Waals surface area (Å²) in [6.45, 7) is 8.68. The molecule has 3 atom stereocenters. The number of benzene rings is 2. The van der Waals surface area contributed by atoms with Crippen molar-refractivity contribution in [3.05, 3.63) is 88.0 Å². The van der Waals surface area contributed by atoms with Crippen molar-refractivity contribution in [2.75, 3.05) is 45.8 Å². The zero-order valence-electron chi connectivity index (χ0n) is 27.6. The molecule has 3 saturated heterocycles. The molecule has 3 unspecified atom stereocenters. The Hall–Kier alpha value is -3.53. The minimum atomic E-state index is -5.05. The molecule has 49 heavy (non-hydrogen) atoms. The molecule has 0 radical (unpaired) electrons. The fourth-order valence-electron chi connectivity index (χ4n) is 7.29. The lowest BCUT2D eigenvalue weighted by Crippen LogP contribution is -2.58. The summed E-state index contributed by atoms with van der Waals surface area (Å²) in [5.74, 6) is -0.271. The van der Waals surface area contributed by atoms with Gasteiger partial charge in [-0.3, -0.25) is 19.8 Å². The molecule has 0 spiro atoms. The Morgan fingerprint density at radius 1 is 0.918 bits per heavy atom. The summed E-state index contributed by atoms with van der Waals surface area (Å²) in [7, 11) is 0. The largest absolute Gasteiger partial charge is 0.734 e. The number of carbonyl (C=O) groups excluding carboxylic acids is 1. The van der Waals surface area contributed by atoms with Gasteiger partial charge in [0, 0.05) is 75.5 Å². The molecule has 3 aliphatic rings. The number of hydrogen-bond acceptors (Lipinski definition) is 8. The van der Waals surface area contributed by atoms with Crippen LogP contribution in [-0.2, 0) is 18.8 Å². The van der Waals surface area contributed by atoms with Gasteiger partial charge in [0.1, 0.15) is 5.82 Å². The van der Waals surface area contributed by atoms with Gasteiger partial charge >= 0.3 is 12.4 Å². The Labute approximate surface area is 282 Å². The zero-order chi connectivity index (χ0) is 35.5. The Kier molecular flexibility index (Phi) is 11.4. The van der Waals surface area contributed by atoms with E-state index in [0.29, 0.717) is 43.8 Å². The molecule has 5 rings (SSSR count). The normalized spacial score (nSPS) is 23.3. The van der Waals surface area contributed by atoms with Crippen LogP contribution < -0.4 is 5.32 Å². The minimum Gasteiger partial charge on any atom is -0.734 e. The van der Waals surface area contributed by atoms with Gasteiger partial charge < -0.3 is 25.6 Å². The van der Waals surface area contributed by atoms with Crippen molar-refractivity contribution in [3.8, 4) is 0 Å². The van der Waals surface area contributed by atoms with Gasteiger partial charge in [0.15, 0.2) is 0 Å². The molecular formula is C34H43F6N6O3-. The highest BCUT2D eigenvalue weighted by molar-refractivity contribution is 5.95. The van der Waals surface area contributed by atoms with Gasteiger partial charge in [-0.2, -0.15) is 26.3 Å². The number of amides is 1. The number of hydrogen-bond donors (Lipinski definition) is 2. The van der Waals surface area contributed by atoms with E-state index >= 15 is 0 Å². The molecule has 2 aromatic carbocycles. The number of piperazine rings is 1. The van der Waals surface area contributed by atoms with Crippen LogP contribution in [0, 0.1) is 5.21 Å². The average Bonchev–Trinajstić information content (AvgIpc) is 3.54. The highest BCUT2D eigenvalue weighted by Gasteiger charge is 2.41. The summed E-state index contributed by atoms with van der Waals surface area (Å²) in [5.41, 5.74) is -2.72. The summed E-state index contributed by atoms with van der Waals surface area (Å²) in [5, 5.41) is 23.6. The third-order valence-corrected chi connectivity index (χ3v) is 9.65. The summed E-state index contributed by atoms with van der Waals surface area (Å²) in [6, 6.07) is 10.4. The lowest BCUT2D eigenvalue weighted by atomic mass is 9.90. The highest BCUT2D eigenvalue weighted by Crippen LogP contribution is 2.37. The number of halogens is 6. The molecule has 3 fully saturated rings. The van der Waals surface area contributed by atoms with E-state index in [9.17, 15) is 41.6 Å². The predicted octanol–water partition coefficient (Wildman–Crippen LogP) is 5.62. The Morgan fingerprint density at radius 3 is 2.04 bits per heavy atom. The van der Waals surface area contributed by atoms with Crippen LogP contribution in [0.4, 0.5) is 26.3 Å². The number of alkyl halides is 6. The number of carbonyl (C=O) groups is 1. The van der Waals surface area contributed by atoms with Crippen LogP contribution in [0.15, 0.2) is 60.6 Å². The van der Waals surface area contributed by atoms with E-state index in [-0.39, 0.29) is 36.0 Å². The van der Waals surface area contributed by atoms with Crippen molar-refractivity contribution >= 4 is 5.91 Å². The van der Waals surface area contributed by atoms with Gasteiger partial charge in [0.25, 0.3) is 5.91 Å². The van der Waals surface area contributed by atoms with Crippen molar-refractivity contribution in [3.63, 3.8) is 0 Å². The van der Waals surface area contributed by atoms with Gasteiger partial charge in [-0.1, -0.05) is 30.3 Å². The Morgan fingerprint density at radius 2 is 1.49 bits per heavy atom. The van der Waals surface area contributed by atoms with Gasteiger partial charge in [-0.15, -0.1) is 0 Å². The maximum atomic E-state index is 13.7. The van der Waals surface area contributed by atoms with Crippen LogP contribution in [0.25, 0.3) is 0 Å². The van der Waals surface area contributed by atoms with E-state index in [2.05, 4.69) is 20.0 Å². The van der Waals surface area contributed by atoms with E-state index < -0.39 is 41.0 Å². The SMILES string of the molecule is CC(C)N/C(=C\N([O-])O)N1CCC(N2CCN(C3CCN(C(=O)c4cc(C(F)(F)F)cc(C(F)(F)F)c4)C(Cc4ccccc4)C3)CC2)C1. The first-order valence-corrected chi connectivity index (χ1v) is 16.6. The lowest BCUT2D eigenvalue weighted by molar-refractivity contribution is -0.143. The fourth-order valence-corrected chi connectivity index (χ4v) is 7.29. The molecular weight excluding hydrogens is 654 g/mol. The zero-order valence-corrected chi connectivity index (χ0v) is 27.6. The number of nitrogens with one attached hydrogen (secondary N) is 1. The van der Waals surface area contributed by atoms with Crippen LogP contribution in [0.5, 0.6) is 0 Å². The van der Waals surface area contributed by atoms with Crippen molar-refractivity contribution < 1.29 is 36.3 Å². The van der Waals surface area contributed by atoms with Gasteiger partial charge in [0.05, 0.1) is 17.3 Å². The minimum absolute atomic E-state index is 0.0422. The van der Waals surface area contributed by atoms with Gasteiger partial charge in [-0.05, 0) is 63.3 Å². The molecule has 2 N–H and O–H groups in total. The molecule has 3 heterocycles. The maximum Gasteiger partial charge on any atom is 0.416 e. The second kappa shape index (κ2) is 15.2. The van der Waals surface area contributed by atoms with Crippen LogP contribution >= 0.6 is 0 Å². The van der Waals surface area contributed by atoms with Crippen molar-refractivity contribution in [2.24, 2.45) is 0 Å². The number of likely N-dealkylation sites (tertiary alicyclic amines) is 2. The van der Waals surface area contributed by atoms with Crippen molar-refractivity contribution in [2.45, 2.75) is 76.1 Å². The summed E-state index contributed by atoms with van der Waals surface area (Å²) < 4.78 is 81.6. The van der Waals surface area contributed by atoms with Crippen LogP contribution in [0.3, 0.4) is 0 Å². The van der Waals surface area contributed by atoms with Crippen molar-refractivity contribution in [1.82, 2.24) is 30.1 Å². The van der Waals surface area contributed by atoms with E-state index in [1.807, 2.05) is 44.2 Å². The summed E-state index contributed by atoms with van der Waals surface area (Å²) in [6.07, 6.45) is -6.58. The fraction of sp³-hybridized carbons (Fsp3) is 0.559. The molecule has 0 saturated carbocycles. The van der Waals surface area contributed by atoms with E-state index in [4.69, 9.17) is 0 Å². The first-order valence-electron chi connectivity index (χ1n) is 16.6. The molecule has 0 aliphatic carbocycles. The van der Waals surface area contributed by atoms with E-state index in [0.717, 1.165) is 50.9 Å². The predicted molar refractivity (Wildman–Crippen MR) is 171 cm³/mol. The molecule has 15 heteroatoms. The van der Waals surface area contributed by atoms with Gasteiger partial charge in [0.2, 0.25) is 0 Å². The van der Waals surface area contributed by atoms with Crippen LogP contribution in [0.2, 0.25) is 0 Å². The third kappa shape index (κ3) is 9.38. The molecule has 0 bridgehead atoms. The van der Waals surface area contributed by atoms with Crippen LogP contribution in [-0.4, -0.2) is 106 Å². The number of rotatable bonds is 9. The topological polar surface area (TPSA) is 88.6 Å². The molecule has 0 aromatic heterocycles. The number of piperidine rings is 1. The Balaban J connectivity index is 1.27. The molecule has 1 amide bonds. The molecule has 3 aliphatic heterocycles. The molecule has 9 nitrogen and oxygen atoms in total. The van der Waals surface area contributed by atoms with E-state index in [1.54, 1.807) is 0 Å². The highest BCUT2D eigenvalue weighted by atomic mass is 19.4. The van der Waals surface area contributed by atoms with E-state index in [1.165, 1.54) is 4.90 Å². The van der Waals surface area contributed by atoms with Gasteiger partial charge in [-0.25, -0.2) is 0 Å². The maximum absolute atomic E-state index is 13.7. The monoisotopic (exact) mass is 697 g/mol. The second-order valence-corrected chi connectivity index (χ2v) is 13.4. The number of nitrogens with zero attached hydrogens (tertiary/aromatic N) is 5. The standard InChI is InChI=1S/C34H43F6N6O3/c1-23(2)41-31(22-46(48)49)44-10-8-29(21-44)43-14-12-42(13-15-43)28-9-11-45(30(20-28)16-24-6-4-3-5-7-24)32(47)25-17-26(33(35,36)37)19-27(18-25)34(38,39)40/h3-7,17-19,22-23,28-30,41,48H,8-16,20-21H2,1-2H3/q-1/b31-22+. The smallest absolute Gasteiger partial charge is 0.416 e. The molecule has 2 aromatic rings.